The van der Waals surface area contributed by atoms with Crippen LogP contribution in [0.1, 0.15) is 16.8 Å². The first-order chi connectivity index (χ1) is 7.87. The molecule has 0 bridgehead atoms. The van der Waals surface area contributed by atoms with Crippen LogP contribution in [0.2, 0.25) is 5.02 Å². The molecule has 1 fully saturated rings. The summed E-state index contributed by atoms with van der Waals surface area (Å²) in [6.07, 6.45) is 0.301. The molecule has 1 heterocycles. The Labute approximate surface area is 104 Å². The van der Waals surface area contributed by atoms with Crippen LogP contribution in [0.3, 0.4) is 0 Å². The summed E-state index contributed by atoms with van der Waals surface area (Å²) in [4.78, 5) is 11.9. The van der Waals surface area contributed by atoms with Crippen molar-refractivity contribution in [1.29, 1.82) is 0 Å². The van der Waals surface area contributed by atoms with Crippen LogP contribution in [0.15, 0.2) is 18.2 Å². The summed E-state index contributed by atoms with van der Waals surface area (Å²) in [6, 6.07) is 3.54. The van der Waals surface area contributed by atoms with E-state index in [1.807, 2.05) is 0 Å². The second kappa shape index (κ2) is 4.38. The summed E-state index contributed by atoms with van der Waals surface area (Å²) in [6.45, 7) is 0. The monoisotopic (exact) mass is 276 g/mol. The van der Waals surface area contributed by atoms with E-state index in [4.69, 9.17) is 11.6 Å². The quantitative estimate of drug-likeness (QED) is 0.777. The summed E-state index contributed by atoms with van der Waals surface area (Å²) < 4.78 is 35.6. The molecule has 0 aliphatic carbocycles. The zero-order valence-corrected chi connectivity index (χ0v) is 10.4. The number of ketones is 1. The van der Waals surface area contributed by atoms with Crippen LogP contribution in [-0.4, -0.2) is 25.7 Å². The lowest BCUT2D eigenvalue weighted by atomic mass is 9.97. The predicted octanol–water partition coefficient (Wildman–Crippen LogP) is 2.10. The van der Waals surface area contributed by atoms with Crippen molar-refractivity contribution >= 4 is 27.2 Å². The van der Waals surface area contributed by atoms with Crippen LogP contribution in [0, 0.1) is 11.7 Å². The minimum atomic E-state index is -3.12. The van der Waals surface area contributed by atoms with Crippen molar-refractivity contribution in [3.05, 3.63) is 34.6 Å². The number of Topliss-reactive ketones (excluding diaryl/α,β-unsaturated/α-hetero) is 1. The van der Waals surface area contributed by atoms with Crippen molar-refractivity contribution in [3.63, 3.8) is 0 Å². The van der Waals surface area contributed by atoms with Crippen LogP contribution in [-0.2, 0) is 9.84 Å². The Balaban J connectivity index is 2.26. The van der Waals surface area contributed by atoms with Crippen molar-refractivity contribution < 1.29 is 17.6 Å². The Kier molecular flexibility index (Phi) is 3.23. The molecule has 0 radical (unpaired) electrons. The first-order valence-electron chi connectivity index (χ1n) is 5.08. The first kappa shape index (κ1) is 12.5. The maximum absolute atomic E-state index is 13.1. The third-order valence-corrected chi connectivity index (χ3v) is 4.74. The van der Waals surface area contributed by atoms with Gasteiger partial charge < -0.3 is 0 Å². The van der Waals surface area contributed by atoms with E-state index in [0.717, 1.165) is 12.1 Å². The van der Waals surface area contributed by atoms with Crippen LogP contribution < -0.4 is 0 Å². The topological polar surface area (TPSA) is 51.2 Å². The lowest BCUT2D eigenvalue weighted by Gasteiger charge is -2.07. The molecule has 1 aromatic rings. The van der Waals surface area contributed by atoms with E-state index < -0.39 is 21.6 Å². The lowest BCUT2D eigenvalue weighted by Crippen LogP contribution is -2.16. The Hall–Kier alpha value is -0.940. The molecule has 0 aromatic heterocycles. The van der Waals surface area contributed by atoms with Crippen molar-refractivity contribution in [2.45, 2.75) is 6.42 Å². The first-order valence-corrected chi connectivity index (χ1v) is 7.28. The summed E-state index contributed by atoms with van der Waals surface area (Å²) >= 11 is 5.65. The van der Waals surface area contributed by atoms with E-state index >= 15 is 0 Å². The zero-order valence-electron chi connectivity index (χ0n) is 8.82. The fraction of sp³-hybridized carbons (Fsp3) is 0.364. The Morgan fingerprint density at radius 1 is 1.35 bits per heavy atom. The molecule has 1 saturated heterocycles. The third-order valence-electron chi connectivity index (χ3n) is 2.75. The van der Waals surface area contributed by atoms with Crippen molar-refractivity contribution in [2.24, 2.45) is 5.92 Å². The zero-order chi connectivity index (χ0) is 12.6. The summed E-state index contributed by atoms with van der Waals surface area (Å²) in [5.74, 6) is -1.65. The van der Waals surface area contributed by atoms with Gasteiger partial charge in [-0.1, -0.05) is 11.6 Å². The number of hydrogen-bond acceptors (Lipinski definition) is 3. The molecule has 1 atom stereocenters. The van der Waals surface area contributed by atoms with Crippen LogP contribution in [0.5, 0.6) is 0 Å². The van der Waals surface area contributed by atoms with Crippen LogP contribution >= 0.6 is 11.6 Å². The third kappa shape index (κ3) is 2.84. The Morgan fingerprint density at radius 2 is 2.06 bits per heavy atom. The molecule has 0 saturated carbocycles. The predicted molar refractivity (Wildman–Crippen MR) is 62.5 cm³/mol. The molecule has 17 heavy (non-hydrogen) atoms. The highest BCUT2D eigenvalue weighted by Gasteiger charge is 2.33. The number of halogens is 2. The maximum Gasteiger partial charge on any atom is 0.167 e. The standard InChI is InChI=1S/C11H10ClFO3S/c12-9-3-8(4-10(13)5-9)11(14)7-1-2-17(15,16)6-7/h3-5,7H,1-2,6H2. The average molecular weight is 277 g/mol. The van der Waals surface area contributed by atoms with Gasteiger partial charge in [0.2, 0.25) is 0 Å². The highest BCUT2D eigenvalue weighted by Crippen LogP contribution is 2.24. The minimum Gasteiger partial charge on any atom is -0.294 e. The van der Waals surface area contributed by atoms with E-state index in [1.54, 1.807) is 0 Å². The van der Waals surface area contributed by atoms with E-state index in [9.17, 15) is 17.6 Å². The second-order valence-electron chi connectivity index (χ2n) is 4.12. The molecule has 1 aliphatic rings. The molecule has 1 aromatic carbocycles. The molecule has 3 nitrogen and oxygen atoms in total. The van der Waals surface area contributed by atoms with Crippen molar-refractivity contribution in [1.82, 2.24) is 0 Å². The molecular weight excluding hydrogens is 267 g/mol. The van der Waals surface area contributed by atoms with Gasteiger partial charge in [0.15, 0.2) is 15.6 Å². The van der Waals surface area contributed by atoms with Gasteiger partial charge in [-0.3, -0.25) is 4.79 Å². The van der Waals surface area contributed by atoms with Gasteiger partial charge in [-0.25, -0.2) is 12.8 Å². The molecule has 0 amide bonds. The molecule has 1 unspecified atom stereocenters. The van der Waals surface area contributed by atoms with Crippen LogP contribution in [0.4, 0.5) is 4.39 Å². The lowest BCUT2D eigenvalue weighted by molar-refractivity contribution is 0.0933. The summed E-state index contributed by atoms with van der Waals surface area (Å²) in [7, 11) is -3.12. The van der Waals surface area contributed by atoms with E-state index in [1.165, 1.54) is 6.07 Å². The Morgan fingerprint density at radius 3 is 2.59 bits per heavy atom. The molecule has 92 valence electrons. The minimum absolute atomic E-state index is 0.0203. The number of rotatable bonds is 2. The van der Waals surface area contributed by atoms with Gasteiger partial charge in [0.05, 0.1) is 11.5 Å². The summed E-state index contributed by atoms with van der Waals surface area (Å²) in [5.41, 5.74) is 0.136. The van der Waals surface area contributed by atoms with Crippen LogP contribution in [0.25, 0.3) is 0 Å². The van der Waals surface area contributed by atoms with Crippen molar-refractivity contribution in [3.8, 4) is 0 Å². The van der Waals surface area contributed by atoms with Gasteiger partial charge in [0.1, 0.15) is 5.82 Å². The van der Waals surface area contributed by atoms with Gasteiger partial charge >= 0.3 is 0 Å². The highest BCUT2D eigenvalue weighted by molar-refractivity contribution is 7.91. The Bertz CT molecular complexity index is 548. The fourth-order valence-electron chi connectivity index (χ4n) is 1.93. The SMILES string of the molecule is O=C(c1cc(F)cc(Cl)c1)C1CCS(=O)(=O)C1. The van der Waals surface area contributed by atoms with E-state index in [-0.39, 0.29) is 27.9 Å². The largest absolute Gasteiger partial charge is 0.294 e. The number of carbonyl (C=O) groups is 1. The van der Waals surface area contributed by atoms with Crippen molar-refractivity contribution in [2.75, 3.05) is 11.5 Å². The number of carbonyl (C=O) groups excluding carboxylic acids is 1. The highest BCUT2D eigenvalue weighted by atomic mass is 35.5. The molecular formula is C11H10ClFO3S. The van der Waals surface area contributed by atoms with E-state index in [2.05, 4.69) is 0 Å². The van der Waals surface area contributed by atoms with Gasteiger partial charge in [-0.15, -0.1) is 0 Å². The summed E-state index contributed by atoms with van der Waals surface area (Å²) in [5, 5.41) is 0.134. The maximum atomic E-state index is 13.1. The smallest absolute Gasteiger partial charge is 0.167 e. The number of sulfone groups is 1. The number of hydrogen-bond donors (Lipinski definition) is 0. The van der Waals surface area contributed by atoms with Gasteiger partial charge in [0, 0.05) is 16.5 Å². The van der Waals surface area contributed by atoms with E-state index in [0.29, 0.717) is 6.42 Å². The molecule has 0 spiro atoms. The molecule has 2 rings (SSSR count). The van der Waals surface area contributed by atoms with Gasteiger partial charge in [-0.2, -0.15) is 0 Å². The van der Waals surface area contributed by atoms with Gasteiger partial charge in [-0.05, 0) is 24.6 Å². The fourth-order valence-corrected chi connectivity index (χ4v) is 3.90. The van der Waals surface area contributed by atoms with Gasteiger partial charge in [0.25, 0.3) is 0 Å². The molecule has 6 heteroatoms. The average Bonchev–Trinajstić information content (AvgIpc) is 2.56. The normalized spacial score (nSPS) is 22.6. The second-order valence-corrected chi connectivity index (χ2v) is 6.79. The molecule has 0 N–H and O–H groups in total. The number of benzene rings is 1. The molecule has 1 aliphatic heterocycles.